The quantitative estimate of drug-likeness (QED) is 0.926. The minimum absolute atomic E-state index is 0.0873. The lowest BCUT2D eigenvalue weighted by atomic mass is 10.1. The summed E-state index contributed by atoms with van der Waals surface area (Å²) in [6.45, 7) is 2.99. The van der Waals surface area contributed by atoms with Crippen molar-refractivity contribution in [1.82, 2.24) is 19.9 Å². The van der Waals surface area contributed by atoms with E-state index in [1.54, 1.807) is 22.7 Å². The standard InChI is InChI=1S/C15H18N4O3/c1-11(20)14-9-19(17-16-14)13-7-18(8-13)15(21)22-10-12-5-3-2-4-6-12/h2-6,9,11,13,20H,7-8,10H2,1H3. The number of aliphatic hydroxyl groups excluding tert-OH is 1. The Labute approximate surface area is 128 Å². The maximum absolute atomic E-state index is 11.9. The van der Waals surface area contributed by atoms with Crippen molar-refractivity contribution in [2.24, 2.45) is 0 Å². The molecule has 1 fully saturated rings. The summed E-state index contributed by atoms with van der Waals surface area (Å²) in [7, 11) is 0. The molecule has 116 valence electrons. The highest BCUT2D eigenvalue weighted by atomic mass is 16.6. The fourth-order valence-corrected chi connectivity index (χ4v) is 2.24. The second kappa shape index (κ2) is 6.15. The summed E-state index contributed by atoms with van der Waals surface area (Å²) in [5.41, 5.74) is 1.50. The second-order valence-corrected chi connectivity index (χ2v) is 5.40. The molecule has 22 heavy (non-hydrogen) atoms. The normalized spacial score (nSPS) is 16.2. The van der Waals surface area contributed by atoms with Gasteiger partial charge in [-0.2, -0.15) is 0 Å². The van der Waals surface area contributed by atoms with Gasteiger partial charge in [-0.25, -0.2) is 9.48 Å². The molecule has 1 atom stereocenters. The van der Waals surface area contributed by atoms with Gasteiger partial charge in [0, 0.05) is 13.1 Å². The molecule has 0 spiro atoms. The molecule has 7 heteroatoms. The van der Waals surface area contributed by atoms with Gasteiger partial charge in [-0.05, 0) is 12.5 Å². The Morgan fingerprint density at radius 1 is 1.41 bits per heavy atom. The van der Waals surface area contributed by atoms with Crippen LogP contribution in [0.1, 0.15) is 30.3 Å². The topological polar surface area (TPSA) is 80.5 Å². The van der Waals surface area contributed by atoms with Gasteiger partial charge in [0.05, 0.1) is 18.3 Å². The van der Waals surface area contributed by atoms with Crippen LogP contribution >= 0.6 is 0 Å². The van der Waals surface area contributed by atoms with Crippen molar-refractivity contribution >= 4 is 6.09 Å². The average molecular weight is 302 g/mol. The predicted molar refractivity (Wildman–Crippen MR) is 77.9 cm³/mol. The molecule has 3 rings (SSSR count). The summed E-state index contributed by atoms with van der Waals surface area (Å²) in [5, 5.41) is 17.3. The molecule has 0 bridgehead atoms. The van der Waals surface area contributed by atoms with E-state index in [2.05, 4.69) is 10.3 Å². The SMILES string of the molecule is CC(O)c1cn(C2CN(C(=O)OCc3ccccc3)C2)nn1. The van der Waals surface area contributed by atoms with E-state index in [9.17, 15) is 9.90 Å². The van der Waals surface area contributed by atoms with Crippen molar-refractivity contribution < 1.29 is 14.6 Å². The van der Waals surface area contributed by atoms with Gasteiger partial charge in [-0.3, -0.25) is 0 Å². The third kappa shape index (κ3) is 3.09. The number of aromatic nitrogens is 3. The van der Waals surface area contributed by atoms with Gasteiger partial charge in [0.25, 0.3) is 0 Å². The average Bonchev–Trinajstić information content (AvgIpc) is 2.94. The van der Waals surface area contributed by atoms with E-state index in [4.69, 9.17) is 4.74 Å². The Balaban J connectivity index is 1.47. The lowest BCUT2D eigenvalue weighted by Crippen LogP contribution is -2.51. The molecular formula is C15H18N4O3. The number of aliphatic hydroxyl groups is 1. The first kappa shape index (κ1) is 14.5. The minimum Gasteiger partial charge on any atom is -0.445 e. The third-order valence-electron chi connectivity index (χ3n) is 3.66. The number of hydrogen-bond donors (Lipinski definition) is 1. The molecule has 1 aromatic carbocycles. The van der Waals surface area contributed by atoms with Crippen molar-refractivity contribution in [1.29, 1.82) is 0 Å². The van der Waals surface area contributed by atoms with Crippen LogP contribution in [-0.4, -0.2) is 44.2 Å². The zero-order valence-electron chi connectivity index (χ0n) is 12.3. The molecule has 0 radical (unpaired) electrons. The van der Waals surface area contributed by atoms with Crippen molar-refractivity contribution in [3.05, 3.63) is 47.8 Å². The van der Waals surface area contributed by atoms with Gasteiger partial charge in [-0.15, -0.1) is 5.10 Å². The molecule has 0 aliphatic carbocycles. The summed E-state index contributed by atoms with van der Waals surface area (Å²) < 4.78 is 6.94. The first-order chi connectivity index (χ1) is 10.6. The number of hydrogen-bond acceptors (Lipinski definition) is 5. The lowest BCUT2D eigenvalue weighted by Gasteiger charge is -2.37. The molecular weight excluding hydrogens is 284 g/mol. The summed E-state index contributed by atoms with van der Waals surface area (Å²) >= 11 is 0. The fourth-order valence-electron chi connectivity index (χ4n) is 2.24. The predicted octanol–water partition coefficient (Wildman–Crippen LogP) is 1.52. The Bertz CT molecular complexity index is 635. The van der Waals surface area contributed by atoms with Gasteiger partial charge in [0.15, 0.2) is 0 Å². The number of amides is 1. The van der Waals surface area contributed by atoms with Gasteiger partial charge in [0.1, 0.15) is 12.3 Å². The molecule has 1 unspecified atom stereocenters. The van der Waals surface area contributed by atoms with Crippen LogP contribution in [0, 0.1) is 0 Å². The van der Waals surface area contributed by atoms with Crippen molar-refractivity contribution in [2.45, 2.75) is 25.7 Å². The zero-order valence-corrected chi connectivity index (χ0v) is 12.3. The van der Waals surface area contributed by atoms with Crippen molar-refractivity contribution in [3.63, 3.8) is 0 Å². The van der Waals surface area contributed by atoms with E-state index in [1.807, 2.05) is 30.3 Å². The number of ether oxygens (including phenoxy) is 1. The summed E-state index contributed by atoms with van der Waals surface area (Å²) in [5.74, 6) is 0. The highest BCUT2D eigenvalue weighted by molar-refractivity contribution is 5.68. The van der Waals surface area contributed by atoms with Crippen molar-refractivity contribution in [3.8, 4) is 0 Å². The molecule has 1 amide bonds. The molecule has 1 N–H and O–H groups in total. The Morgan fingerprint density at radius 2 is 2.14 bits per heavy atom. The maximum Gasteiger partial charge on any atom is 0.410 e. The van der Waals surface area contributed by atoms with Crippen LogP contribution in [0.3, 0.4) is 0 Å². The maximum atomic E-state index is 11.9. The van der Waals surface area contributed by atoms with Crippen molar-refractivity contribution in [2.75, 3.05) is 13.1 Å². The molecule has 1 aliphatic rings. The van der Waals surface area contributed by atoms with E-state index in [1.165, 1.54) is 0 Å². The molecule has 2 heterocycles. The van der Waals surface area contributed by atoms with Crippen LogP contribution in [0.4, 0.5) is 4.79 Å². The highest BCUT2D eigenvalue weighted by Gasteiger charge is 2.34. The van der Waals surface area contributed by atoms with Crippen LogP contribution in [0.15, 0.2) is 36.5 Å². The summed E-state index contributed by atoms with van der Waals surface area (Å²) in [6, 6.07) is 9.66. The summed E-state index contributed by atoms with van der Waals surface area (Å²) in [6.07, 6.45) is 0.749. The number of rotatable bonds is 4. The minimum atomic E-state index is -0.638. The van der Waals surface area contributed by atoms with Crippen LogP contribution in [0.2, 0.25) is 0 Å². The van der Waals surface area contributed by atoms with Gasteiger partial charge >= 0.3 is 6.09 Å². The third-order valence-corrected chi connectivity index (χ3v) is 3.66. The van der Waals surface area contributed by atoms with Gasteiger partial charge in [0.2, 0.25) is 0 Å². The smallest absolute Gasteiger partial charge is 0.410 e. The molecule has 1 saturated heterocycles. The first-order valence-electron chi connectivity index (χ1n) is 7.19. The fraction of sp³-hybridized carbons (Fsp3) is 0.400. The Kier molecular flexibility index (Phi) is 4.06. The van der Waals surface area contributed by atoms with E-state index in [0.717, 1.165) is 5.56 Å². The van der Waals surface area contributed by atoms with Crippen LogP contribution in [-0.2, 0) is 11.3 Å². The zero-order chi connectivity index (χ0) is 15.5. The number of likely N-dealkylation sites (tertiary alicyclic amines) is 1. The van der Waals surface area contributed by atoms with Crippen LogP contribution in [0.25, 0.3) is 0 Å². The Hall–Kier alpha value is -2.41. The molecule has 1 aliphatic heterocycles. The van der Waals surface area contributed by atoms with E-state index in [0.29, 0.717) is 18.8 Å². The van der Waals surface area contributed by atoms with Gasteiger partial charge in [-0.1, -0.05) is 35.5 Å². The lowest BCUT2D eigenvalue weighted by molar-refractivity contribution is 0.0491. The largest absolute Gasteiger partial charge is 0.445 e. The molecule has 1 aromatic heterocycles. The van der Waals surface area contributed by atoms with E-state index in [-0.39, 0.29) is 18.7 Å². The van der Waals surface area contributed by atoms with E-state index < -0.39 is 6.10 Å². The van der Waals surface area contributed by atoms with Gasteiger partial charge < -0.3 is 14.7 Å². The van der Waals surface area contributed by atoms with E-state index >= 15 is 0 Å². The molecule has 2 aromatic rings. The second-order valence-electron chi connectivity index (χ2n) is 5.40. The Morgan fingerprint density at radius 3 is 2.77 bits per heavy atom. The highest BCUT2D eigenvalue weighted by Crippen LogP contribution is 2.22. The number of carbonyl (C=O) groups excluding carboxylic acids is 1. The molecule has 7 nitrogen and oxygen atoms in total. The molecule has 0 saturated carbocycles. The monoisotopic (exact) mass is 302 g/mol. The van der Waals surface area contributed by atoms with Crippen LogP contribution < -0.4 is 0 Å². The first-order valence-corrected chi connectivity index (χ1v) is 7.19. The number of carbonyl (C=O) groups is 1. The van der Waals surface area contributed by atoms with Crippen LogP contribution in [0.5, 0.6) is 0 Å². The summed E-state index contributed by atoms with van der Waals surface area (Å²) in [4.78, 5) is 13.5. The number of benzene rings is 1. The number of nitrogens with zero attached hydrogens (tertiary/aromatic N) is 4.